The minimum atomic E-state index is -1.13. The molecule has 0 bridgehead atoms. The molecule has 0 saturated carbocycles. The van der Waals surface area contributed by atoms with Crippen LogP contribution in [0.15, 0.2) is 48.5 Å². The number of carboxylic acid groups (broad SMARTS) is 1. The molecule has 8 heteroatoms. The third-order valence-electron chi connectivity index (χ3n) is 5.74. The van der Waals surface area contributed by atoms with Gasteiger partial charge in [0.05, 0.1) is 0 Å². The molecule has 0 radical (unpaired) electrons. The second-order valence-electron chi connectivity index (χ2n) is 7.66. The van der Waals surface area contributed by atoms with Crippen molar-refractivity contribution in [2.24, 2.45) is 5.92 Å². The summed E-state index contributed by atoms with van der Waals surface area (Å²) in [5.41, 5.74) is 4.59. The fourth-order valence-corrected chi connectivity index (χ4v) is 4.26. The van der Waals surface area contributed by atoms with Gasteiger partial charge < -0.3 is 25.2 Å². The number of rotatable bonds is 7. The number of carbonyl (C=O) groups excluding carboxylic acids is 2. The van der Waals surface area contributed by atoms with E-state index in [0.29, 0.717) is 13.0 Å². The van der Waals surface area contributed by atoms with Gasteiger partial charge in [-0.1, -0.05) is 48.5 Å². The molecular formula is C23H24N2O6. The number of carboxylic acids is 1. The summed E-state index contributed by atoms with van der Waals surface area (Å²) < 4.78 is 10.9. The van der Waals surface area contributed by atoms with Gasteiger partial charge in [0, 0.05) is 25.0 Å². The highest BCUT2D eigenvalue weighted by Gasteiger charge is 2.35. The third-order valence-corrected chi connectivity index (χ3v) is 5.74. The minimum absolute atomic E-state index is 0.0255. The highest BCUT2D eigenvalue weighted by molar-refractivity contribution is 5.85. The quantitative estimate of drug-likeness (QED) is 0.628. The lowest BCUT2D eigenvalue weighted by Gasteiger charge is -2.19. The first-order chi connectivity index (χ1) is 15.0. The summed E-state index contributed by atoms with van der Waals surface area (Å²) in [7, 11) is 0. The molecule has 2 amide bonds. The predicted octanol–water partition coefficient (Wildman–Crippen LogP) is 2.13. The molecule has 1 heterocycles. The van der Waals surface area contributed by atoms with E-state index in [1.807, 2.05) is 24.3 Å². The van der Waals surface area contributed by atoms with Gasteiger partial charge in [-0.05, 0) is 28.7 Å². The third kappa shape index (κ3) is 4.54. The second kappa shape index (κ2) is 9.18. The molecule has 2 aromatic rings. The van der Waals surface area contributed by atoms with Crippen molar-refractivity contribution in [2.75, 3.05) is 26.3 Å². The maximum atomic E-state index is 12.3. The Bertz CT molecular complexity index is 946. The Kier molecular flexibility index (Phi) is 6.18. The largest absolute Gasteiger partial charge is 0.480 e. The topological polar surface area (TPSA) is 114 Å². The van der Waals surface area contributed by atoms with Crippen LogP contribution in [0.3, 0.4) is 0 Å². The van der Waals surface area contributed by atoms with Gasteiger partial charge in [0.2, 0.25) is 5.91 Å². The smallest absolute Gasteiger partial charge is 0.407 e. The van der Waals surface area contributed by atoms with Crippen molar-refractivity contribution in [3.05, 3.63) is 59.7 Å². The Morgan fingerprint density at radius 1 is 1.00 bits per heavy atom. The molecule has 1 aliphatic carbocycles. The number of carbonyl (C=O) groups is 3. The fourth-order valence-electron chi connectivity index (χ4n) is 4.26. The summed E-state index contributed by atoms with van der Waals surface area (Å²) in [6, 6.07) is 16.2. The van der Waals surface area contributed by atoms with Gasteiger partial charge in [-0.15, -0.1) is 0 Å². The molecule has 1 saturated heterocycles. The summed E-state index contributed by atoms with van der Waals surface area (Å²) in [6.07, 6.45) is -0.749. The average Bonchev–Trinajstić information content (AvgIpc) is 3.37. The Morgan fingerprint density at radius 2 is 1.65 bits per heavy atom. The van der Waals surface area contributed by atoms with E-state index in [1.165, 1.54) is 0 Å². The molecule has 2 atom stereocenters. The summed E-state index contributed by atoms with van der Waals surface area (Å²) in [5, 5.41) is 13.7. The van der Waals surface area contributed by atoms with Crippen molar-refractivity contribution in [3.8, 4) is 11.1 Å². The molecule has 8 nitrogen and oxygen atoms in total. The van der Waals surface area contributed by atoms with Crippen LogP contribution >= 0.6 is 0 Å². The first-order valence-electron chi connectivity index (χ1n) is 10.2. The molecule has 2 aromatic carbocycles. The van der Waals surface area contributed by atoms with Crippen molar-refractivity contribution in [2.45, 2.75) is 18.4 Å². The molecule has 4 rings (SSSR count). The van der Waals surface area contributed by atoms with Gasteiger partial charge in [-0.25, -0.2) is 4.79 Å². The van der Waals surface area contributed by atoms with E-state index in [9.17, 15) is 14.4 Å². The first-order valence-corrected chi connectivity index (χ1v) is 10.2. The van der Waals surface area contributed by atoms with Crippen LogP contribution in [-0.2, 0) is 19.1 Å². The van der Waals surface area contributed by atoms with Gasteiger partial charge >= 0.3 is 12.1 Å². The van der Waals surface area contributed by atoms with Gasteiger partial charge in [0.1, 0.15) is 19.3 Å². The Labute approximate surface area is 179 Å². The molecule has 1 aliphatic heterocycles. The lowest BCUT2D eigenvalue weighted by atomic mass is 9.98. The van der Waals surface area contributed by atoms with E-state index < -0.39 is 30.6 Å². The van der Waals surface area contributed by atoms with Crippen LogP contribution < -0.4 is 10.6 Å². The number of hydrogen-bond acceptors (Lipinski definition) is 5. The number of fused-ring (bicyclic) bond motifs is 3. The predicted molar refractivity (Wildman–Crippen MR) is 112 cm³/mol. The van der Waals surface area contributed by atoms with E-state index >= 15 is 0 Å². The van der Waals surface area contributed by atoms with E-state index in [1.54, 1.807) is 0 Å². The maximum absolute atomic E-state index is 12.3. The summed E-state index contributed by atoms with van der Waals surface area (Å²) in [5.74, 6) is -1.88. The number of amides is 2. The number of aliphatic carboxylic acids is 1. The zero-order valence-electron chi connectivity index (χ0n) is 16.9. The van der Waals surface area contributed by atoms with Crippen molar-refractivity contribution in [3.63, 3.8) is 0 Å². The molecular weight excluding hydrogens is 400 g/mol. The van der Waals surface area contributed by atoms with Crippen molar-refractivity contribution in [1.29, 1.82) is 0 Å². The summed E-state index contributed by atoms with van der Waals surface area (Å²) >= 11 is 0. The molecule has 2 unspecified atom stereocenters. The highest BCUT2D eigenvalue weighted by atomic mass is 16.5. The van der Waals surface area contributed by atoms with Crippen LogP contribution in [0.2, 0.25) is 0 Å². The Balaban J connectivity index is 1.31. The lowest BCUT2D eigenvalue weighted by Crippen LogP contribution is -2.43. The molecule has 0 aromatic heterocycles. The molecule has 0 spiro atoms. The number of alkyl carbamates (subject to hydrolysis) is 1. The van der Waals surface area contributed by atoms with E-state index in [2.05, 4.69) is 34.9 Å². The number of nitrogens with one attached hydrogen (secondary N) is 2. The van der Waals surface area contributed by atoms with Gasteiger partial charge in [0.25, 0.3) is 0 Å². The van der Waals surface area contributed by atoms with E-state index in [-0.39, 0.29) is 25.0 Å². The zero-order chi connectivity index (χ0) is 21.8. The van der Waals surface area contributed by atoms with Gasteiger partial charge in [-0.2, -0.15) is 0 Å². The second-order valence-corrected chi connectivity index (χ2v) is 7.66. The summed E-state index contributed by atoms with van der Waals surface area (Å²) in [6.45, 7) is 0.332. The first kappa shape index (κ1) is 20.9. The molecule has 3 N–H and O–H groups in total. The molecule has 2 aliphatic rings. The van der Waals surface area contributed by atoms with Crippen LogP contribution in [-0.4, -0.2) is 55.5 Å². The van der Waals surface area contributed by atoms with Gasteiger partial charge in [-0.3, -0.25) is 9.59 Å². The molecule has 1 fully saturated rings. The average molecular weight is 424 g/mol. The fraction of sp³-hybridized carbons (Fsp3) is 0.348. The molecule has 162 valence electrons. The van der Waals surface area contributed by atoms with Crippen LogP contribution in [0.1, 0.15) is 23.5 Å². The number of hydrogen-bond donors (Lipinski definition) is 3. The molecule has 31 heavy (non-hydrogen) atoms. The SMILES string of the molecule is O=C(O)CNC(=O)C1OCCC1CNC(=O)OCC1c2ccccc2-c2ccccc21. The van der Waals surface area contributed by atoms with E-state index in [0.717, 1.165) is 22.3 Å². The van der Waals surface area contributed by atoms with Crippen LogP contribution in [0.25, 0.3) is 11.1 Å². The van der Waals surface area contributed by atoms with E-state index in [4.69, 9.17) is 14.6 Å². The highest BCUT2D eigenvalue weighted by Crippen LogP contribution is 2.44. The van der Waals surface area contributed by atoms with Crippen molar-refractivity contribution < 1.29 is 29.0 Å². The van der Waals surface area contributed by atoms with Gasteiger partial charge in [0.15, 0.2) is 0 Å². The minimum Gasteiger partial charge on any atom is -0.480 e. The lowest BCUT2D eigenvalue weighted by molar-refractivity contribution is -0.140. The number of ether oxygens (including phenoxy) is 2. The van der Waals surface area contributed by atoms with Crippen LogP contribution in [0, 0.1) is 5.92 Å². The number of benzene rings is 2. The van der Waals surface area contributed by atoms with Crippen molar-refractivity contribution in [1.82, 2.24) is 10.6 Å². The monoisotopic (exact) mass is 424 g/mol. The normalized spacial score (nSPS) is 19.4. The zero-order valence-corrected chi connectivity index (χ0v) is 16.9. The Morgan fingerprint density at radius 3 is 2.29 bits per heavy atom. The van der Waals surface area contributed by atoms with Crippen LogP contribution in [0.4, 0.5) is 4.79 Å². The van der Waals surface area contributed by atoms with Crippen molar-refractivity contribution >= 4 is 18.0 Å². The van der Waals surface area contributed by atoms with Crippen LogP contribution in [0.5, 0.6) is 0 Å². The maximum Gasteiger partial charge on any atom is 0.407 e. The Hall–Kier alpha value is -3.39. The standard InChI is InChI=1S/C23H24N2O6/c26-20(27)12-24-22(28)21-14(9-10-30-21)11-25-23(29)31-13-19-17-7-3-1-5-15(17)16-6-2-4-8-18(16)19/h1-8,14,19,21H,9-13H2,(H,24,28)(H,25,29)(H,26,27). The summed E-state index contributed by atoms with van der Waals surface area (Å²) in [4.78, 5) is 35.0.